The molecule has 3 N–H and O–H groups in total. The summed E-state index contributed by atoms with van der Waals surface area (Å²) in [6, 6.07) is 11.7. The molecule has 0 aliphatic heterocycles. The molecule has 0 saturated carbocycles. The van der Waals surface area contributed by atoms with Crippen molar-refractivity contribution in [2.45, 2.75) is 4.75 Å². The minimum Gasteiger partial charge on any atom is -0.508 e. The Morgan fingerprint density at radius 1 is 0.690 bits per heavy atom. The quantitative estimate of drug-likeness (QED) is 0.239. The van der Waals surface area contributed by atoms with Gasteiger partial charge in [-0.3, -0.25) is 4.55 Å². The van der Waals surface area contributed by atoms with Crippen LogP contribution in [0.3, 0.4) is 0 Å². The molecule has 0 spiro atoms. The number of phenols is 2. The molecule has 0 fully saturated rings. The fourth-order valence-corrected chi connectivity index (χ4v) is 5.62. The van der Waals surface area contributed by atoms with Gasteiger partial charge in [0, 0.05) is 21.7 Å². The van der Waals surface area contributed by atoms with E-state index in [2.05, 4.69) is 0 Å². The molecule has 5 nitrogen and oxygen atoms in total. The summed E-state index contributed by atoms with van der Waals surface area (Å²) in [7, 11) is -5.14. The summed E-state index contributed by atoms with van der Waals surface area (Å²) in [5, 5.41) is 20.1. The maximum atomic E-state index is 13.0. The van der Waals surface area contributed by atoms with Gasteiger partial charge in [0.05, 0.1) is 15.1 Å². The fraction of sp³-hybridized carbons (Fsp3) is 0.0526. The van der Waals surface area contributed by atoms with Crippen molar-refractivity contribution < 1.29 is 23.2 Å². The summed E-state index contributed by atoms with van der Waals surface area (Å²) in [6.45, 7) is 0. The highest BCUT2D eigenvalue weighted by Gasteiger charge is 2.52. The van der Waals surface area contributed by atoms with Crippen LogP contribution < -0.4 is 0 Å². The molecule has 0 bridgehead atoms. The van der Waals surface area contributed by atoms with Gasteiger partial charge in [-0.2, -0.15) is 8.42 Å². The van der Waals surface area contributed by atoms with Crippen molar-refractivity contribution in [3.8, 4) is 11.5 Å². The first kappa shape index (κ1) is 22.0. The van der Waals surface area contributed by atoms with Crippen LogP contribution in [-0.4, -0.2) is 23.2 Å². The number of benzene rings is 3. The van der Waals surface area contributed by atoms with Crippen LogP contribution in [0, 0.1) is 0 Å². The van der Waals surface area contributed by atoms with Crippen LogP contribution in [0.2, 0.25) is 20.1 Å². The summed E-state index contributed by atoms with van der Waals surface area (Å²) in [4.78, 5) is 0. The zero-order chi connectivity index (χ0) is 21.6. The molecule has 3 aromatic carbocycles. The van der Waals surface area contributed by atoms with Crippen LogP contribution >= 0.6 is 46.4 Å². The molecule has 0 aromatic heterocycles. The van der Waals surface area contributed by atoms with Gasteiger partial charge in [-0.1, -0.05) is 76.7 Å². The Bertz CT molecular complexity index is 1210. The predicted molar refractivity (Wildman–Crippen MR) is 114 cm³/mol. The van der Waals surface area contributed by atoms with E-state index in [1.807, 2.05) is 0 Å². The van der Waals surface area contributed by atoms with Crippen LogP contribution in [0.15, 0.2) is 54.6 Å². The van der Waals surface area contributed by atoms with E-state index in [1.165, 1.54) is 48.5 Å². The van der Waals surface area contributed by atoms with Crippen molar-refractivity contribution in [3.05, 3.63) is 91.4 Å². The molecule has 29 heavy (non-hydrogen) atoms. The monoisotopic (exact) mass is 492 g/mol. The summed E-state index contributed by atoms with van der Waals surface area (Å²) in [5.41, 5.74) is -0.719. The van der Waals surface area contributed by atoms with E-state index in [0.29, 0.717) is 0 Å². The van der Waals surface area contributed by atoms with Gasteiger partial charge in [0.25, 0.3) is 10.1 Å². The van der Waals surface area contributed by atoms with Gasteiger partial charge < -0.3 is 10.2 Å². The molecular weight excluding hydrogens is 482 g/mol. The Morgan fingerprint density at radius 2 is 1.24 bits per heavy atom. The molecule has 0 amide bonds. The third-order valence-electron chi connectivity index (χ3n) is 4.42. The largest absolute Gasteiger partial charge is 0.508 e. The lowest BCUT2D eigenvalue weighted by atomic mass is 9.83. The first-order valence-corrected chi connectivity index (χ1v) is 10.9. The van der Waals surface area contributed by atoms with E-state index in [1.54, 1.807) is 0 Å². The number of para-hydroxylation sites is 1. The van der Waals surface area contributed by atoms with Gasteiger partial charge in [-0.05, 0) is 24.3 Å². The Hall–Kier alpha value is -1.67. The normalized spacial score (nSPS) is 13.8. The minimum absolute atomic E-state index is 0.0453. The fourth-order valence-electron chi connectivity index (χ4n) is 3.21. The zero-order valence-corrected chi connectivity index (χ0v) is 18.1. The van der Waals surface area contributed by atoms with Crippen LogP contribution in [0.4, 0.5) is 0 Å². The van der Waals surface area contributed by atoms with Crippen LogP contribution in [0.25, 0.3) is 0 Å². The van der Waals surface area contributed by atoms with E-state index in [-0.39, 0.29) is 36.8 Å². The van der Waals surface area contributed by atoms with E-state index >= 15 is 0 Å². The summed E-state index contributed by atoms with van der Waals surface area (Å²) in [5.74, 6) is -0.907. The molecule has 0 saturated heterocycles. The summed E-state index contributed by atoms with van der Waals surface area (Å²) in [6.07, 6.45) is 0. The van der Waals surface area contributed by atoms with Crippen molar-refractivity contribution in [2.75, 3.05) is 0 Å². The van der Waals surface area contributed by atoms with Gasteiger partial charge in [0.15, 0.2) is 4.75 Å². The topological polar surface area (TPSA) is 94.8 Å². The lowest BCUT2D eigenvalue weighted by molar-refractivity contribution is 0.439. The van der Waals surface area contributed by atoms with Gasteiger partial charge in [-0.25, -0.2) is 0 Å². The molecule has 3 aromatic rings. The SMILES string of the molecule is O=S(=O)(O)C(c1ccccc1O)(c1cc(Cl)c(Cl)cc1Cl)c1cccc(O)c1Cl. The Labute approximate surface area is 186 Å². The molecule has 0 aliphatic carbocycles. The number of aromatic hydroxyl groups is 2. The van der Waals surface area contributed by atoms with Crippen LogP contribution in [0.5, 0.6) is 11.5 Å². The number of hydrogen-bond acceptors (Lipinski definition) is 4. The van der Waals surface area contributed by atoms with Gasteiger partial charge in [0.1, 0.15) is 11.5 Å². The maximum absolute atomic E-state index is 13.0. The Balaban J connectivity index is 2.66. The third-order valence-corrected chi connectivity index (χ3v) is 7.28. The Morgan fingerprint density at radius 3 is 1.86 bits per heavy atom. The van der Waals surface area contributed by atoms with E-state index in [0.717, 1.165) is 6.07 Å². The van der Waals surface area contributed by atoms with Crippen molar-refractivity contribution in [3.63, 3.8) is 0 Å². The van der Waals surface area contributed by atoms with Crippen LogP contribution in [-0.2, 0) is 14.9 Å². The third kappa shape index (κ3) is 3.54. The average Bonchev–Trinajstić information content (AvgIpc) is 2.63. The van der Waals surface area contributed by atoms with E-state index < -0.39 is 26.4 Å². The van der Waals surface area contributed by atoms with Crippen molar-refractivity contribution in [1.29, 1.82) is 0 Å². The standard InChI is InChI=1S/C19H12Cl4O5S/c20-13-9-15(22)14(21)8-12(13)19(29(26,27)28,10-4-1-2-6-16(10)24)11-5-3-7-17(25)18(11)23/h1-9,24-25H,(H,26,27,28). The second-order valence-corrected chi connectivity index (χ2v) is 9.22. The molecule has 152 valence electrons. The molecule has 1 atom stereocenters. The summed E-state index contributed by atoms with van der Waals surface area (Å²) < 4.78 is 33.9. The zero-order valence-electron chi connectivity index (χ0n) is 14.3. The smallest absolute Gasteiger partial charge is 0.283 e. The second kappa shape index (κ2) is 7.87. The lowest BCUT2D eigenvalue weighted by Gasteiger charge is -2.34. The van der Waals surface area contributed by atoms with E-state index in [9.17, 15) is 23.2 Å². The van der Waals surface area contributed by atoms with Crippen molar-refractivity contribution in [2.24, 2.45) is 0 Å². The van der Waals surface area contributed by atoms with E-state index in [4.69, 9.17) is 46.4 Å². The second-order valence-electron chi connectivity index (χ2n) is 6.06. The molecule has 3 rings (SSSR count). The molecule has 1 unspecified atom stereocenters. The number of hydrogen-bond donors (Lipinski definition) is 3. The first-order valence-electron chi connectivity index (χ1n) is 7.90. The Kier molecular flexibility index (Phi) is 5.98. The van der Waals surface area contributed by atoms with Crippen LogP contribution in [0.1, 0.15) is 16.7 Å². The number of phenolic OH excluding ortho intramolecular Hbond substituents is 2. The lowest BCUT2D eigenvalue weighted by Crippen LogP contribution is -2.39. The van der Waals surface area contributed by atoms with Crippen molar-refractivity contribution >= 4 is 56.5 Å². The predicted octanol–water partition coefficient (Wildman–Crippen LogP) is 5.89. The minimum atomic E-state index is -5.14. The highest BCUT2D eigenvalue weighted by molar-refractivity contribution is 7.87. The highest BCUT2D eigenvalue weighted by Crippen LogP contribution is 2.53. The molecule has 0 radical (unpaired) electrons. The highest BCUT2D eigenvalue weighted by atomic mass is 35.5. The number of rotatable bonds is 4. The van der Waals surface area contributed by atoms with Gasteiger partial charge >= 0.3 is 0 Å². The summed E-state index contributed by atoms with van der Waals surface area (Å²) >= 11 is 24.7. The molecule has 0 aliphatic rings. The van der Waals surface area contributed by atoms with Gasteiger partial charge in [-0.15, -0.1) is 0 Å². The van der Waals surface area contributed by atoms with Gasteiger partial charge in [0.2, 0.25) is 0 Å². The number of halogens is 4. The average molecular weight is 494 g/mol. The molecule has 10 heteroatoms. The first-order chi connectivity index (χ1) is 13.5. The molecule has 0 heterocycles. The van der Waals surface area contributed by atoms with Crippen molar-refractivity contribution in [1.82, 2.24) is 0 Å². The maximum Gasteiger partial charge on any atom is 0.283 e. The molecular formula is C19H12Cl4O5S.